The lowest BCUT2D eigenvalue weighted by atomic mass is 9.32. The molecule has 0 amide bonds. The number of benzene rings is 7. The minimum absolute atomic E-state index is 0.0454. The summed E-state index contributed by atoms with van der Waals surface area (Å²) in [5, 5.41) is 0. The summed E-state index contributed by atoms with van der Waals surface area (Å²) in [6, 6.07) is 56.0. The fourth-order valence-corrected chi connectivity index (χ4v) is 11.1. The zero-order chi connectivity index (χ0) is 41.7. The van der Waals surface area contributed by atoms with Crippen LogP contribution in [0.2, 0.25) is 0 Å². The second-order valence-corrected chi connectivity index (χ2v) is 20.7. The van der Waals surface area contributed by atoms with E-state index in [2.05, 4.69) is 230 Å². The average Bonchev–Trinajstić information content (AvgIpc) is 3.22. The molecule has 0 N–H and O–H groups in total. The monoisotopic (exact) mass is 779 g/mol. The van der Waals surface area contributed by atoms with Gasteiger partial charge >= 0.3 is 0 Å². The van der Waals surface area contributed by atoms with Crippen molar-refractivity contribution in [2.24, 2.45) is 0 Å². The summed E-state index contributed by atoms with van der Waals surface area (Å²) in [4.78, 5) is 7.75. The minimum Gasteiger partial charge on any atom is -0.311 e. The van der Waals surface area contributed by atoms with Gasteiger partial charge in [0.2, 0.25) is 0 Å². The van der Waals surface area contributed by atoms with E-state index < -0.39 is 0 Å². The predicted octanol–water partition coefficient (Wildman–Crippen LogP) is 13.1. The van der Waals surface area contributed by atoms with E-state index in [-0.39, 0.29) is 28.4 Å². The molecule has 0 aliphatic carbocycles. The molecule has 60 heavy (non-hydrogen) atoms. The van der Waals surface area contributed by atoms with Crippen molar-refractivity contribution in [3.05, 3.63) is 179 Å². The molecule has 0 spiro atoms. The summed E-state index contributed by atoms with van der Waals surface area (Å²) in [6.07, 6.45) is 0. The smallest absolute Gasteiger partial charge is 0.252 e. The van der Waals surface area contributed by atoms with Gasteiger partial charge in [-0.25, -0.2) is 0 Å². The Morgan fingerprint density at radius 3 is 1.20 bits per heavy atom. The number of rotatable bonds is 3. The van der Waals surface area contributed by atoms with Gasteiger partial charge in [0.05, 0.1) is 17.1 Å². The van der Waals surface area contributed by atoms with Crippen LogP contribution in [0.15, 0.2) is 146 Å². The maximum absolute atomic E-state index is 2.63. The summed E-state index contributed by atoms with van der Waals surface area (Å²) in [5.41, 5.74) is 23.1. The highest BCUT2D eigenvalue weighted by Gasteiger charge is 2.51. The summed E-state index contributed by atoms with van der Waals surface area (Å²) >= 11 is 0. The van der Waals surface area contributed by atoms with E-state index in [1.54, 1.807) is 0 Å². The molecule has 0 aromatic heterocycles. The molecule has 7 aromatic carbocycles. The second-order valence-electron chi connectivity index (χ2n) is 20.7. The highest BCUT2D eigenvalue weighted by molar-refractivity contribution is 7.00. The van der Waals surface area contributed by atoms with E-state index in [9.17, 15) is 0 Å². The van der Waals surface area contributed by atoms with Gasteiger partial charge in [0.1, 0.15) is 0 Å². The van der Waals surface area contributed by atoms with Crippen LogP contribution in [0.25, 0.3) is 0 Å². The molecule has 0 atom stereocenters. The fourth-order valence-electron chi connectivity index (χ4n) is 11.1. The van der Waals surface area contributed by atoms with Crippen molar-refractivity contribution in [3.63, 3.8) is 0 Å². The predicted molar refractivity (Wildman–Crippen MR) is 257 cm³/mol. The van der Waals surface area contributed by atoms with Crippen LogP contribution in [0.4, 0.5) is 51.2 Å². The SMILES string of the molecule is CC(C)(C)c1ccc(N(c2ccc(C(C)(C)C)cc2)c2cc3c4c(c2)N2c5ccccc5C(C)(C)c5cccc(c52)B4c2cccc4c2N3c2ccccc2C4(C)C)cc1. The Morgan fingerprint density at radius 2 is 0.800 bits per heavy atom. The number of hydrogen-bond donors (Lipinski definition) is 0. The highest BCUT2D eigenvalue weighted by Crippen LogP contribution is 2.58. The van der Waals surface area contributed by atoms with E-state index in [4.69, 9.17) is 0 Å². The van der Waals surface area contributed by atoms with Crippen molar-refractivity contribution in [3.8, 4) is 0 Å². The Hall–Kier alpha value is -6.00. The van der Waals surface area contributed by atoms with Crippen LogP contribution < -0.4 is 31.1 Å². The molecule has 4 aliphatic rings. The van der Waals surface area contributed by atoms with Crippen molar-refractivity contribution in [2.75, 3.05) is 14.7 Å². The summed E-state index contributed by atoms with van der Waals surface area (Å²) in [5.74, 6) is 0. The van der Waals surface area contributed by atoms with Crippen LogP contribution in [0.3, 0.4) is 0 Å². The Labute approximate surface area is 357 Å². The third-order valence-corrected chi connectivity index (χ3v) is 14.3. The fraction of sp³-hybridized carbons (Fsp3) is 0.250. The van der Waals surface area contributed by atoms with Crippen LogP contribution in [0.5, 0.6) is 0 Å². The second kappa shape index (κ2) is 12.3. The molecule has 7 aromatic rings. The molecule has 0 saturated heterocycles. The molecule has 4 aliphatic heterocycles. The van der Waals surface area contributed by atoms with Crippen LogP contribution >= 0.6 is 0 Å². The van der Waals surface area contributed by atoms with E-state index in [1.165, 1.54) is 83.9 Å². The number of hydrogen-bond acceptors (Lipinski definition) is 3. The van der Waals surface area contributed by atoms with Crippen molar-refractivity contribution < 1.29 is 0 Å². The molecular formula is C56H54BN3. The lowest BCUT2D eigenvalue weighted by Crippen LogP contribution is -2.63. The molecule has 4 heteroatoms. The van der Waals surface area contributed by atoms with E-state index in [0.29, 0.717) is 0 Å². The topological polar surface area (TPSA) is 9.72 Å². The standard InChI is InChI=1S/C56H54BN3/c1-53(2,3)35-25-29-37(30-26-35)58(38-31-27-36(28-32-38)54(4,5)6)39-33-48-50-49(34-39)60-47-24-14-12-18-41(47)56(9,10)43-20-16-22-45(52(43)60)57(50)44-21-15-19-42-51(44)59(48)46-23-13-11-17-40(46)55(42,7)8/h11-34H,1-10H3. The molecule has 4 heterocycles. The lowest BCUT2D eigenvalue weighted by molar-refractivity contribution is 0.590. The highest BCUT2D eigenvalue weighted by atomic mass is 15.2. The molecule has 296 valence electrons. The Morgan fingerprint density at radius 1 is 0.417 bits per heavy atom. The van der Waals surface area contributed by atoms with Crippen molar-refractivity contribution >= 4 is 74.3 Å². The van der Waals surface area contributed by atoms with E-state index >= 15 is 0 Å². The molecule has 11 rings (SSSR count). The molecule has 0 radical (unpaired) electrons. The maximum atomic E-state index is 2.63. The van der Waals surface area contributed by atoms with Crippen LogP contribution in [-0.2, 0) is 21.7 Å². The quantitative estimate of drug-likeness (QED) is 0.165. The largest absolute Gasteiger partial charge is 0.311 e. The van der Waals surface area contributed by atoms with E-state index in [0.717, 1.165) is 17.1 Å². The van der Waals surface area contributed by atoms with Gasteiger partial charge in [-0.15, -0.1) is 0 Å². The third-order valence-electron chi connectivity index (χ3n) is 14.3. The normalized spacial score (nSPS) is 16.0. The number of anilines is 9. The first-order valence-corrected chi connectivity index (χ1v) is 21.8. The average molecular weight is 780 g/mol. The van der Waals surface area contributed by atoms with Gasteiger partial charge in [-0.2, -0.15) is 0 Å². The van der Waals surface area contributed by atoms with Crippen molar-refractivity contribution in [2.45, 2.75) is 90.9 Å². The van der Waals surface area contributed by atoms with Crippen LogP contribution in [0.1, 0.15) is 103 Å². The van der Waals surface area contributed by atoms with Crippen molar-refractivity contribution in [1.29, 1.82) is 0 Å². The van der Waals surface area contributed by atoms with Gasteiger partial charge in [-0.05, 0) is 109 Å². The van der Waals surface area contributed by atoms with Crippen LogP contribution in [0, 0.1) is 0 Å². The zero-order valence-electron chi connectivity index (χ0n) is 36.8. The number of fused-ring (bicyclic) bond motifs is 8. The molecule has 0 unspecified atom stereocenters. The molecular weight excluding hydrogens is 725 g/mol. The van der Waals surface area contributed by atoms with Gasteiger partial charge in [0.25, 0.3) is 6.71 Å². The Kier molecular flexibility index (Phi) is 7.59. The molecule has 0 saturated carbocycles. The Balaban J connectivity index is 1.26. The lowest BCUT2D eigenvalue weighted by Gasteiger charge is -2.52. The van der Waals surface area contributed by atoms with E-state index in [1.807, 2.05) is 0 Å². The van der Waals surface area contributed by atoms with Gasteiger partial charge in [0, 0.05) is 45.0 Å². The number of para-hydroxylation sites is 4. The maximum Gasteiger partial charge on any atom is 0.252 e. The summed E-state index contributed by atoms with van der Waals surface area (Å²) in [7, 11) is 0. The number of nitrogens with zero attached hydrogens (tertiary/aromatic N) is 3. The first-order chi connectivity index (χ1) is 28.6. The molecule has 3 nitrogen and oxygen atoms in total. The summed E-state index contributed by atoms with van der Waals surface area (Å²) < 4.78 is 0. The third kappa shape index (κ3) is 5.03. The first-order valence-electron chi connectivity index (χ1n) is 21.8. The minimum atomic E-state index is -0.177. The first kappa shape index (κ1) is 37.0. The Bertz CT molecular complexity index is 2710. The zero-order valence-corrected chi connectivity index (χ0v) is 36.8. The van der Waals surface area contributed by atoms with Gasteiger partial charge in [-0.3, -0.25) is 0 Å². The molecule has 0 bridgehead atoms. The van der Waals surface area contributed by atoms with Gasteiger partial charge in [0.15, 0.2) is 0 Å². The van der Waals surface area contributed by atoms with Gasteiger partial charge in [-0.1, -0.05) is 166 Å². The molecule has 0 fully saturated rings. The van der Waals surface area contributed by atoms with Crippen molar-refractivity contribution in [1.82, 2.24) is 0 Å². The summed E-state index contributed by atoms with van der Waals surface area (Å²) in [6.45, 7) is 23.5. The van der Waals surface area contributed by atoms with Gasteiger partial charge < -0.3 is 14.7 Å². The van der Waals surface area contributed by atoms with Crippen LogP contribution in [-0.4, -0.2) is 6.71 Å².